The molecule has 0 fully saturated rings. The topological polar surface area (TPSA) is 54.0 Å². The Bertz CT molecular complexity index is 575. The van der Waals surface area contributed by atoms with Gasteiger partial charge >= 0.3 is 6.03 Å². The van der Waals surface area contributed by atoms with Gasteiger partial charge in [0.25, 0.3) is 0 Å². The van der Waals surface area contributed by atoms with E-state index in [-0.39, 0.29) is 6.03 Å². The third-order valence-corrected chi connectivity index (χ3v) is 3.12. The van der Waals surface area contributed by atoms with Crippen LogP contribution in [0.5, 0.6) is 0 Å². The molecule has 2 rings (SSSR count). The Morgan fingerprint density at radius 2 is 1.84 bits per heavy atom. The minimum atomic E-state index is -0.310. The van der Waals surface area contributed by atoms with Crippen LogP contribution in [-0.4, -0.2) is 11.0 Å². The summed E-state index contributed by atoms with van der Waals surface area (Å²) in [6.07, 6.45) is 3.35. The minimum Gasteiger partial charge on any atom is -0.334 e. The molecule has 0 atom stereocenters. The number of carbonyl (C=O) groups excluding carboxylic acids is 1. The Balaban J connectivity index is 1.89. The second-order valence-electron chi connectivity index (χ2n) is 3.79. The van der Waals surface area contributed by atoms with Crippen molar-refractivity contribution in [2.75, 3.05) is 5.32 Å². The lowest BCUT2D eigenvalue weighted by Crippen LogP contribution is -2.28. The van der Waals surface area contributed by atoms with Crippen molar-refractivity contribution in [3.63, 3.8) is 0 Å². The molecule has 0 aliphatic heterocycles. The van der Waals surface area contributed by atoms with Gasteiger partial charge in [0.15, 0.2) is 0 Å². The number of urea groups is 1. The molecule has 2 aromatic rings. The Kier molecular flexibility index (Phi) is 4.60. The highest BCUT2D eigenvalue weighted by Gasteiger charge is 2.04. The first-order valence-corrected chi connectivity index (χ1v) is 6.29. The van der Waals surface area contributed by atoms with Gasteiger partial charge in [-0.3, -0.25) is 4.98 Å². The van der Waals surface area contributed by atoms with Crippen LogP contribution in [0.3, 0.4) is 0 Å². The van der Waals surface area contributed by atoms with Crippen LogP contribution >= 0.6 is 23.2 Å². The number of benzene rings is 1. The quantitative estimate of drug-likeness (QED) is 0.907. The monoisotopic (exact) mass is 295 g/mol. The lowest BCUT2D eigenvalue weighted by atomic mass is 10.3. The highest BCUT2D eigenvalue weighted by atomic mass is 35.5. The lowest BCUT2D eigenvalue weighted by Gasteiger charge is -2.08. The number of nitrogens with zero attached hydrogens (tertiary/aromatic N) is 1. The van der Waals surface area contributed by atoms with Crippen LogP contribution in [0.15, 0.2) is 42.7 Å². The first-order valence-electron chi connectivity index (χ1n) is 5.54. The van der Waals surface area contributed by atoms with Crippen molar-refractivity contribution in [1.29, 1.82) is 0 Å². The number of hydrogen-bond donors (Lipinski definition) is 2. The van der Waals surface area contributed by atoms with Crippen molar-refractivity contribution in [1.82, 2.24) is 10.3 Å². The molecule has 6 heteroatoms. The van der Waals surface area contributed by atoms with Crippen molar-refractivity contribution in [2.24, 2.45) is 0 Å². The van der Waals surface area contributed by atoms with Crippen LogP contribution in [0.1, 0.15) is 5.56 Å². The van der Waals surface area contributed by atoms with Gasteiger partial charge in [-0.1, -0.05) is 23.2 Å². The Morgan fingerprint density at radius 1 is 1.11 bits per heavy atom. The maximum absolute atomic E-state index is 11.7. The van der Waals surface area contributed by atoms with Gasteiger partial charge < -0.3 is 10.6 Å². The Labute approximate surface area is 120 Å². The van der Waals surface area contributed by atoms with Gasteiger partial charge in [0.2, 0.25) is 0 Å². The summed E-state index contributed by atoms with van der Waals surface area (Å²) < 4.78 is 0. The molecule has 1 heterocycles. The largest absolute Gasteiger partial charge is 0.334 e. The predicted octanol–water partition coefficient (Wildman–Crippen LogP) is 3.71. The van der Waals surface area contributed by atoms with E-state index in [1.54, 1.807) is 30.6 Å². The van der Waals surface area contributed by atoms with Crippen molar-refractivity contribution in [3.05, 3.63) is 58.3 Å². The number of carbonyl (C=O) groups is 1. The van der Waals surface area contributed by atoms with Crippen molar-refractivity contribution in [3.8, 4) is 0 Å². The van der Waals surface area contributed by atoms with Gasteiger partial charge in [0.05, 0.1) is 10.0 Å². The maximum Gasteiger partial charge on any atom is 0.319 e. The van der Waals surface area contributed by atoms with E-state index in [2.05, 4.69) is 15.6 Å². The molecule has 0 aliphatic carbocycles. The average molecular weight is 296 g/mol. The van der Waals surface area contributed by atoms with Crippen molar-refractivity contribution < 1.29 is 4.79 Å². The lowest BCUT2D eigenvalue weighted by molar-refractivity contribution is 0.251. The summed E-state index contributed by atoms with van der Waals surface area (Å²) in [6, 6.07) is 8.26. The zero-order valence-corrected chi connectivity index (χ0v) is 11.4. The number of nitrogens with one attached hydrogen (secondary N) is 2. The molecule has 2 amide bonds. The van der Waals surface area contributed by atoms with E-state index < -0.39 is 0 Å². The SMILES string of the molecule is O=C(NCc1ccncc1)Nc1ccc(Cl)c(Cl)c1. The molecule has 2 N–H and O–H groups in total. The first kappa shape index (κ1) is 13.6. The molecule has 0 bridgehead atoms. The van der Waals surface area contributed by atoms with E-state index >= 15 is 0 Å². The zero-order chi connectivity index (χ0) is 13.7. The third-order valence-electron chi connectivity index (χ3n) is 2.38. The molecule has 98 valence electrons. The van der Waals surface area contributed by atoms with E-state index in [4.69, 9.17) is 23.2 Å². The highest BCUT2D eigenvalue weighted by Crippen LogP contribution is 2.24. The van der Waals surface area contributed by atoms with Crippen molar-refractivity contribution >= 4 is 34.9 Å². The fourth-order valence-electron chi connectivity index (χ4n) is 1.43. The molecule has 0 aliphatic rings. The summed E-state index contributed by atoms with van der Waals surface area (Å²) in [4.78, 5) is 15.6. The number of amides is 2. The second-order valence-corrected chi connectivity index (χ2v) is 4.61. The van der Waals surface area contributed by atoms with E-state index in [9.17, 15) is 4.79 Å². The average Bonchev–Trinajstić information content (AvgIpc) is 2.42. The van der Waals surface area contributed by atoms with E-state index in [0.717, 1.165) is 5.56 Å². The molecule has 4 nitrogen and oxygen atoms in total. The van der Waals surface area contributed by atoms with Gasteiger partial charge in [0, 0.05) is 24.6 Å². The van der Waals surface area contributed by atoms with E-state index in [1.165, 1.54) is 0 Å². The van der Waals surface area contributed by atoms with Crippen LogP contribution in [-0.2, 0) is 6.54 Å². The number of aromatic nitrogens is 1. The summed E-state index contributed by atoms with van der Waals surface area (Å²) in [5.41, 5.74) is 1.56. The number of hydrogen-bond acceptors (Lipinski definition) is 2. The molecular formula is C13H11Cl2N3O. The number of pyridine rings is 1. The molecule has 0 saturated heterocycles. The van der Waals surface area contributed by atoms with Crippen LogP contribution in [0, 0.1) is 0 Å². The molecule has 19 heavy (non-hydrogen) atoms. The summed E-state index contributed by atoms with van der Waals surface area (Å²) in [5, 5.41) is 6.24. The van der Waals surface area contributed by atoms with Gasteiger partial charge in [-0.2, -0.15) is 0 Å². The smallest absolute Gasteiger partial charge is 0.319 e. The fourth-order valence-corrected chi connectivity index (χ4v) is 1.73. The normalized spacial score (nSPS) is 10.0. The summed E-state index contributed by atoms with van der Waals surface area (Å²) in [5.74, 6) is 0. The fraction of sp³-hybridized carbons (Fsp3) is 0.0769. The third kappa shape index (κ3) is 4.12. The van der Waals surface area contributed by atoms with Gasteiger partial charge in [-0.25, -0.2) is 4.79 Å². The molecule has 1 aromatic carbocycles. The number of anilines is 1. The second kappa shape index (κ2) is 6.41. The van der Waals surface area contributed by atoms with Crippen molar-refractivity contribution in [2.45, 2.75) is 6.54 Å². The minimum absolute atomic E-state index is 0.310. The van der Waals surface area contributed by atoms with Gasteiger partial charge in [-0.05, 0) is 35.9 Å². The van der Waals surface area contributed by atoms with Crippen LogP contribution in [0.2, 0.25) is 10.0 Å². The van der Waals surface area contributed by atoms with Gasteiger partial charge in [-0.15, -0.1) is 0 Å². The molecule has 1 aromatic heterocycles. The zero-order valence-electron chi connectivity index (χ0n) is 9.86. The van der Waals surface area contributed by atoms with E-state index in [0.29, 0.717) is 22.3 Å². The molecule has 0 saturated carbocycles. The molecule has 0 spiro atoms. The highest BCUT2D eigenvalue weighted by molar-refractivity contribution is 6.42. The van der Waals surface area contributed by atoms with Crippen LogP contribution in [0.25, 0.3) is 0 Å². The summed E-state index contributed by atoms with van der Waals surface area (Å²) in [6.45, 7) is 0.426. The number of rotatable bonds is 3. The van der Waals surface area contributed by atoms with Gasteiger partial charge in [0.1, 0.15) is 0 Å². The van der Waals surface area contributed by atoms with E-state index in [1.807, 2.05) is 12.1 Å². The molecular weight excluding hydrogens is 285 g/mol. The standard InChI is InChI=1S/C13H11Cl2N3O/c14-11-2-1-10(7-12(11)15)18-13(19)17-8-9-3-5-16-6-4-9/h1-7H,8H2,(H2,17,18,19). The summed E-state index contributed by atoms with van der Waals surface area (Å²) in [7, 11) is 0. The van der Waals surface area contributed by atoms with Crippen LogP contribution < -0.4 is 10.6 Å². The Hall–Kier alpha value is -1.78. The molecule has 0 unspecified atom stereocenters. The Morgan fingerprint density at radius 3 is 2.53 bits per heavy atom. The first-order chi connectivity index (χ1) is 9.15. The maximum atomic E-state index is 11.7. The summed E-state index contributed by atoms with van der Waals surface area (Å²) >= 11 is 11.7. The number of halogens is 2. The van der Waals surface area contributed by atoms with Crippen LogP contribution in [0.4, 0.5) is 10.5 Å². The molecule has 0 radical (unpaired) electrons. The predicted molar refractivity (Wildman–Crippen MR) is 76.6 cm³/mol.